The summed E-state index contributed by atoms with van der Waals surface area (Å²) in [5.41, 5.74) is 10.0. The van der Waals surface area contributed by atoms with Crippen molar-refractivity contribution in [3.8, 4) is 0 Å². The van der Waals surface area contributed by atoms with Crippen LogP contribution in [0.5, 0.6) is 0 Å². The van der Waals surface area contributed by atoms with Crippen molar-refractivity contribution in [1.29, 1.82) is 0 Å². The van der Waals surface area contributed by atoms with Gasteiger partial charge >= 0.3 is 0 Å². The third kappa shape index (κ3) is 5.63. The summed E-state index contributed by atoms with van der Waals surface area (Å²) in [5, 5.41) is 0. The molecule has 0 amide bonds. The van der Waals surface area contributed by atoms with E-state index in [1.165, 1.54) is 59.4 Å². The SMILES string of the molecule is CC1=C/C(=N\c2ccc(Cc3cccc(/N=C4/C=C(C)CCC4)c3)cc2)CCC1. The highest BCUT2D eigenvalue weighted by molar-refractivity contribution is 5.98. The number of hydrogen-bond donors (Lipinski definition) is 0. The zero-order valence-electron chi connectivity index (χ0n) is 17.6. The van der Waals surface area contributed by atoms with E-state index in [9.17, 15) is 0 Å². The summed E-state index contributed by atoms with van der Waals surface area (Å²) in [5.74, 6) is 0. The lowest BCUT2D eigenvalue weighted by molar-refractivity contribution is 0.836. The molecule has 2 heteroatoms. The maximum absolute atomic E-state index is 4.87. The largest absolute Gasteiger partial charge is 0.253 e. The van der Waals surface area contributed by atoms with Crippen molar-refractivity contribution >= 4 is 22.8 Å². The fourth-order valence-electron chi connectivity index (χ4n) is 4.12. The molecule has 0 saturated carbocycles. The Kier molecular flexibility index (Phi) is 6.19. The lowest BCUT2D eigenvalue weighted by Crippen LogP contribution is -2.01. The molecule has 0 radical (unpaired) electrons. The molecule has 0 bridgehead atoms. The van der Waals surface area contributed by atoms with Gasteiger partial charge in [-0.3, -0.25) is 9.98 Å². The van der Waals surface area contributed by atoms with Gasteiger partial charge in [-0.05, 0) is 106 Å². The van der Waals surface area contributed by atoms with Crippen molar-refractivity contribution < 1.29 is 0 Å². The van der Waals surface area contributed by atoms with Crippen LogP contribution < -0.4 is 0 Å². The van der Waals surface area contributed by atoms with E-state index in [0.29, 0.717) is 0 Å². The first-order chi connectivity index (χ1) is 14.1. The van der Waals surface area contributed by atoms with Gasteiger partial charge in [0.25, 0.3) is 0 Å². The molecule has 0 aliphatic heterocycles. The number of allylic oxidation sites excluding steroid dienone is 4. The number of rotatable bonds is 4. The van der Waals surface area contributed by atoms with Crippen molar-refractivity contribution in [2.75, 3.05) is 0 Å². The lowest BCUT2D eigenvalue weighted by atomic mass is 9.99. The maximum atomic E-state index is 4.87. The molecule has 0 N–H and O–H groups in total. The molecule has 0 heterocycles. The molecular formula is C27H30N2. The predicted molar refractivity (Wildman–Crippen MR) is 125 cm³/mol. The van der Waals surface area contributed by atoms with Crippen LogP contribution in [0.25, 0.3) is 0 Å². The molecule has 0 unspecified atom stereocenters. The number of benzene rings is 2. The average molecular weight is 383 g/mol. The molecule has 148 valence electrons. The molecule has 0 aromatic heterocycles. The fraction of sp³-hybridized carbons (Fsp3) is 0.333. The van der Waals surface area contributed by atoms with Crippen LogP contribution in [0.3, 0.4) is 0 Å². The van der Waals surface area contributed by atoms with Crippen LogP contribution in [-0.4, -0.2) is 11.4 Å². The summed E-state index contributed by atoms with van der Waals surface area (Å²) in [6, 6.07) is 17.3. The van der Waals surface area contributed by atoms with Crippen LogP contribution in [0.15, 0.2) is 81.8 Å². The summed E-state index contributed by atoms with van der Waals surface area (Å²) >= 11 is 0. The monoisotopic (exact) mass is 382 g/mol. The van der Waals surface area contributed by atoms with Crippen LogP contribution in [0.2, 0.25) is 0 Å². The van der Waals surface area contributed by atoms with Crippen molar-refractivity contribution in [1.82, 2.24) is 0 Å². The van der Waals surface area contributed by atoms with Crippen molar-refractivity contribution in [2.45, 2.75) is 58.8 Å². The Bertz CT molecular complexity index is 987. The van der Waals surface area contributed by atoms with E-state index in [2.05, 4.69) is 74.5 Å². The number of hydrogen-bond acceptors (Lipinski definition) is 2. The predicted octanol–water partition coefficient (Wildman–Crippen LogP) is 7.68. The molecule has 4 rings (SSSR count). The average Bonchev–Trinajstić information content (AvgIpc) is 2.70. The Morgan fingerprint density at radius 2 is 1.28 bits per heavy atom. The third-order valence-electron chi connectivity index (χ3n) is 5.63. The van der Waals surface area contributed by atoms with Crippen LogP contribution in [0.4, 0.5) is 11.4 Å². The third-order valence-corrected chi connectivity index (χ3v) is 5.63. The van der Waals surface area contributed by atoms with Gasteiger partial charge in [0.1, 0.15) is 0 Å². The minimum atomic E-state index is 0.920. The molecule has 0 atom stereocenters. The van der Waals surface area contributed by atoms with E-state index >= 15 is 0 Å². The second-order valence-corrected chi connectivity index (χ2v) is 8.41. The Morgan fingerprint density at radius 3 is 1.90 bits per heavy atom. The first-order valence-electron chi connectivity index (χ1n) is 10.8. The van der Waals surface area contributed by atoms with Crippen LogP contribution in [-0.2, 0) is 6.42 Å². The molecule has 29 heavy (non-hydrogen) atoms. The maximum Gasteiger partial charge on any atom is 0.0635 e. The van der Waals surface area contributed by atoms with Gasteiger partial charge in [-0.25, -0.2) is 0 Å². The second-order valence-electron chi connectivity index (χ2n) is 8.41. The Labute approximate surface area is 174 Å². The number of aliphatic imine (C=N–C) groups is 2. The van der Waals surface area contributed by atoms with Gasteiger partial charge in [0, 0.05) is 11.4 Å². The molecule has 2 aliphatic rings. The van der Waals surface area contributed by atoms with Crippen LogP contribution in [0.1, 0.15) is 63.5 Å². The summed E-state index contributed by atoms with van der Waals surface area (Å²) in [7, 11) is 0. The zero-order chi connectivity index (χ0) is 20.1. The highest BCUT2D eigenvalue weighted by Gasteiger charge is 2.07. The van der Waals surface area contributed by atoms with E-state index in [1.54, 1.807) is 0 Å². The minimum absolute atomic E-state index is 0.920. The van der Waals surface area contributed by atoms with E-state index in [-0.39, 0.29) is 0 Å². The van der Waals surface area contributed by atoms with Gasteiger partial charge in [-0.1, -0.05) is 35.4 Å². The van der Waals surface area contributed by atoms with E-state index < -0.39 is 0 Å². The van der Waals surface area contributed by atoms with E-state index in [0.717, 1.165) is 30.6 Å². The van der Waals surface area contributed by atoms with Crippen LogP contribution in [0, 0.1) is 0 Å². The van der Waals surface area contributed by atoms with E-state index in [1.807, 2.05) is 0 Å². The van der Waals surface area contributed by atoms with Crippen LogP contribution >= 0.6 is 0 Å². The summed E-state index contributed by atoms with van der Waals surface area (Å²) < 4.78 is 0. The zero-order valence-corrected chi connectivity index (χ0v) is 17.6. The van der Waals surface area contributed by atoms with Gasteiger partial charge in [-0.15, -0.1) is 0 Å². The molecule has 0 saturated heterocycles. The molecule has 2 aromatic carbocycles. The van der Waals surface area contributed by atoms with Gasteiger partial charge in [-0.2, -0.15) is 0 Å². The molecule has 2 aliphatic carbocycles. The molecule has 0 spiro atoms. The second kappa shape index (κ2) is 9.17. The Balaban J connectivity index is 1.46. The molecule has 2 aromatic rings. The summed E-state index contributed by atoms with van der Waals surface area (Å²) in [6.07, 6.45) is 12.4. The normalized spacial score (nSPS) is 19.9. The molecular weight excluding hydrogens is 352 g/mol. The highest BCUT2D eigenvalue weighted by Crippen LogP contribution is 2.23. The smallest absolute Gasteiger partial charge is 0.0635 e. The quantitative estimate of drug-likeness (QED) is 0.518. The standard InChI is InChI=1S/C27H30N2/c1-20-6-3-9-25(16-20)28-24-14-12-22(13-15-24)18-23-8-5-11-27(19-23)29-26-10-4-7-21(2)17-26/h5,8,11-17,19H,3-4,6-7,9-10,18H2,1-2H3/b28-25-,29-26+. The lowest BCUT2D eigenvalue weighted by Gasteiger charge is -2.11. The number of nitrogens with zero attached hydrogens (tertiary/aromatic N) is 2. The fourth-order valence-corrected chi connectivity index (χ4v) is 4.12. The first kappa shape index (κ1) is 19.6. The van der Waals surface area contributed by atoms with Gasteiger partial charge in [0.2, 0.25) is 0 Å². The van der Waals surface area contributed by atoms with Gasteiger partial charge < -0.3 is 0 Å². The first-order valence-corrected chi connectivity index (χ1v) is 10.8. The molecule has 2 nitrogen and oxygen atoms in total. The van der Waals surface area contributed by atoms with Gasteiger partial charge in [0.15, 0.2) is 0 Å². The van der Waals surface area contributed by atoms with E-state index in [4.69, 9.17) is 9.98 Å². The minimum Gasteiger partial charge on any atom is -0.253 e. The van der Waals surface area contributed by atoms with Crippen molar-refractivity contribution in [3.63, 3.8) is 0 Å². The highest BCUT2D eigenvalue weighted by atomic mass is 14.7. The summed E-state index contributed by atoms with van der Waals surface area (Å²) in [4.78, 5) is 9.69. The topological polar surface area (TPSA) is 24.7 Å². The van der Waals surface area contributed by atoms with Crippen molar-refractivity contribution in [3.05, 3.63) is 83.0 Å². The Morgan fingerprint density at radius 1 is 0.655 bits per heavy atom. The van der Waals surface area contributed by atoms with Crippen molar-refractivity contribution in [2.24, 2.45) is 9.98 Å². The summed E-state index contributed by atoms with van der Waals surface area (Å²) in [6.45, 7) is 4.40. The molecule has 0 fully saturated rings. The Hall–Kier alpha value is -2.74. The van der Waals surface area contributed by atoms with Gasteiger partial charge in [0.05, 0.1) is 11.4 Å².